The molecular formula is C18H20N2O4S. The van der Waals surface area contributed by atoms with Crippen molar-refractivity contribution in [1.29, 1.82) is 0 Å². The molecule has 1 aliphatic heterocycles. The number of hydrogen-bond acceptors (Lipinski definition) is 4. The molecule has 3 rings (SSSR count). The third-order valence-corrected chi connectivity index (χ3v) is 5.13. The van der Waals surface area contributed by atoms with Crippen molar-refractivity contribution >= 4 is 27.3 Å². The molecule has 1 heterocycles. The minimum Gasteiger partial charge on any atom is -0.484 e. The maximum Gasteiger partial charge on any atom is 0.262 e. The quantitative estimate of drug-likeness (QED) is 0.888. The third-order valence-electron chi connectivity index (χ3n) is 3.95. The normalized spacial score (nSPS) is 13.9. The van der Waals surface area contributed by atoms with E-state index in [4.69, 9.17) is 4.74 Å². The van der Waals surface area contributed by atoms with Crippen LogP contribution in [0.25, 0.3) is 0 Å². The highest BCUT2D eigenvalue weighted by atomic mass is 32.2. The Bertz CT molecular complexity index is 866. The highest BCUT2D eigenvalue weighted by Crippen LogP contribution is 2.31. The van der Waals surface area contributed by atoms with Gasteiger partial charge in [0.25, 0.3) is 5.91 Å². The second-order valence-electron chi connectivity index (χ2n) is 5.93. The summed E-state index contributed by atoms with van der Waals surface area (Å²) in [5.74, 6) is 0.367. The van der Waals surface area contributed by atoms with Gasteiger partial charge in [-0.15, -0.1) is 0 Å². The van der Waals surface area contributed by atoms with E-state index in [1.807, 2.05) is 24.3 Å². The lowest BCUT2D eigenvalue weighted by molar-refractivity contribution is -0.118. The predicted molar refractivity (Wildman–Crippen MR) is 97.5 cm³/mol. The summed E-state index contributed by atoms with van der Waals surface area (Å²) in [6.07, 6.45) is 2.75. The van der Waals surface area contributed by atoms with Crippen LogP contribution in [-0.4, -0.2) is 33.7 Å². The Labute approximate surface area is 147 Å². The van der Waals surface area contributed by atoms with E-state index in [9.17, 15) is 13.2 Å². The summed E-state index contributed by atoms with van der Waals surface area (Å²) in [4.78, 5) is 12.0. The fourth-order valence-electron chi connectivity index (χ4n) is 2.85. The van der Waals surface area contributed by atoms with Crippen LogP contribution in [0, 0.1) is 0 Å². The van der Waals surface area contributed by atoms with Crippen molar-refractivity contribution in [2.45, 2.75) is 12.8 Å². The van der Waals surface area contributed by atoms with Gasteiger partial charge in [-0.25, -0.2) is 8.42 Å². The molecule has 6 nitrogen and oxygen atoms in total. The van der Waals surface area contributed by atoms with Crippen molar-refractivity contribution in [1.82, 2.24) is 0 Å². The minimum absolute atomic E-state index is 0.0867. The third kappa shape index (κ3) is 4.30. The molecular weight excluding hydrogens is 340 g/mol. The second kappa shape index (κ2) is 7.14. The number of hydrogen-bond donors (Lipinski definition) is 1. The van der Waals surface area contributed by atoms with Crippen molar-refractivity contribution in [3.63, 3.8) is 0 Å². The van der Waals surface area contributed by atoms with E-state index in [0.29, 0.717) is 23.7 Å². The Morgan fingerprint density at radius 2 is 1.96 bits per heavy atom. The summed E-state index contributed by atoms with van der Waals surface area (Å²) in [6.45, 7) is 0.402. The molecule has 1 aliphatic rings. The first-order valence-corrected chi connectivity index (χ1v) is 9.87. The fourth-order valence-corrected chi connectivity index (χ4v) is 3.84. The van der Waals surface area contributed by atoms with Crippen LogP contribution in [0.2, 0.25) is 0 Å². The standard InChI is InChI=1S/C18H20N2O4S/c1-25(22,23)20-11-5-6-14-12-15(9-10-17(14)20)19-18(21)13-24-16-7-3-2-4-8-16/h2-4,7-10,12H,5-6,11,13H2,1H3,(H,19,21). The molecule has 7 heteroatoms. The van der Waals surface area contributed by atoms with Gasteiger partial charge in [0.05, 0.1) is 11.9 Å². The molecule has 0 aliphatic carbocycles. The van der Waals surface area contributed by atoms with Crippen LogP contribution in [0.15, 0.2) is 48.5 Å². The predicted octanol–water partition coefficient (Wildman–Crippen LogP) is 2.42. The number of anilines is 2. The Morgan fingerprint density at radius 3 is 2.68 bits per heavy atom. The van der Waals surface area contributed by atoms with E-state index < -0.39 is 10.0 Å². The van der Waals surface area contributed by atoms with Crippen LogP contribution in [-0.2, 0) is 21.2 Å². The highest BCUT2D eigenvalue weighted by molar-refractivity contribution is 7.92. The van der Waals surface area contributed by atoms with E-state index in [2.05, 4.69) is 5.32 Å². The lowest BCUT2D eigenvalue weighted by atomic mass is 10.0. The average molecular weight is 360 g/mol. The molecule has 1 N–H and O–H groups in total. The van der Waals surface area contributed by atoms with E-state index in [0.717, 1.165) is 18.4 Å². The van der Waals surface area contributed by atoms with E-state index in [1.54, 1.807) is 24.3 Å². The van der Waals surface area contributed by atoms with Crippen molar-refractivity contribution in [3.8, 4) is 5.75 Å². The molecule has 0 aromatic heterocycles. The summed E-state index contributed by atoms with van der Waals surface area (Å²) in [5.41, 5.74) is 2.24. The van der Waals surface area contributed by atoms with Gasteiger partial charge in [-0.1, -0.05) is 18.2 Å². The number of para-hydroxylation sites is 1. The lowest BCUT2D eigenvalue weighted by Gasteiger charge is -2.29. The van der Waals surface area contributed by atoms with Crippen LogP contribution in [0.4, 0.5) is 11.4 Å². The Morgan fingerprint density at radius 1 is 1.20 bits per heavy atom. The zero-order valence-corrected chi connectivity index (χ0v) is 14.8. The summed E-state index contributed by atoms with van der Waals surface area (Å²) in [6, 6.07) is 14.4. The van der Waals surface area contributed by atoms with Gasteiger partial charge in [0.2, 0.25) is 10.0 Å². The van der Waals surface area contributed by atoms with Gasteiger partial charge in [-0.05, 0) is 48.7 Å². The molecule has 0 spiro atoms. The Kier molecular flexibility index (Phi) is 4.94. The van der Waals surface area contributed by atoms with Crippen LogP contribution in [0.3, 0.4) is 0 Å². The number of carbonyl (C=O) groups excluding carboxylic acids is 1. The lowest BCUT2D eigenvalue weighted by Crippen LogP contribution is -2.34. The van der Waals surface area contributed by atoms with Crippen molar-refractivity contribution in [2.75, 3.05) is 29.0 Å². The number of nitrogens with zero attached hydrogens (tertiary/aromatic N) is 1. The van der Waals surface area contributed by atoms with Gasteiger partial charge in [0.1, 0.15) is 5.75 Å². The summed E-state index contributed by atoms with van der Waals surface area (Å²) >= 11 is 0. The van der Waals surface area contributed by atoms with Crippen molar-refractivity contribution < 1.29 is 17.9 Å². The molecule has 0 atom stereocenters. The molecule has 2 aromatic rings. The first kappa shape index (κ1) is 17.3. The van der Waals surface area contributed by atoms with Crippen LogP contribution < -0.4 is 14.4 Å². The highest BCUT2D eigenvalue weighted by Gasteiger charge is 2.24. The second-order valence-corrected chi connectivity index (χ2v) is 7.84. The maximum absolute atomic E-state index is 12.0. The Hall–Kier alpha value is -2.54. The average Bonchev–Trinajstić information content (AvgIpc) is 2.59. The zero-order chi connectivity index (χ0) is 17.9. The monoisotopic (exact) mass is 360 g/mol. The number of sulfonamides is 1. The van der Waals surface area contributed by atoms with E-state index in [1.165, 1.54) is 10.6 Å². The van der Waals surface area contributed by atoms with Gasteiger partial charge >= 0.3 is 0 Å². The molecule has 0 saturated heterocycles. The summed E-state index contributed by atoms with van der Waals surface area (Å²) < 4.78 is 30.6. The minimum atomic E-state index is -3.29. The largest absolute Gasteiger partial charge is 0.484 e. The molecule has 0 bridgehead atoms. The van der Waals surface area contributed by atoms with Gasteiger partial charge in [0.15, 0.2) is 6.61 Å². The molecule has 0 saturated carbocycles. The molecule has 0 fully saturated rings. The molecule has 2 aromatic carbocycles. The number of benzene rings is 2. The number of amides is 1. The first-order chi connectivity index (χ1) is 11.9. The zero-order valence-electron chi connectivity index (χ0n) is 13.9. The topological polar surface area (TPSA) is 75.7 Å². The number of rotatable bonds is 5. The SMILES string of the molecule is CS(=O)(=O)N1CCCc2cc(NC(=O)COc3ccccc3)ccc21. The van der Waals surface area contributed by atoms with Gasteiger partial charge in [-0.2, -0.15) is 0 Å². The smallest absolute Gasteiger partial charge is 0.262 e. The van der Waals surface area contributed by atoms with E-state index >= 15 is 0 Å². The van der Waals surface area contributed by atoms with Crippen LogP contribution in [0.5, 0.6) is 5.75 Å². The molecule has 132 valence electrons. The van der Waals surface area contributed by atoms with Crippen LogP contribution >= 0.6 is 0 Å². The maximum atomic E-state index is 12.0. The summed E-state index contributed by atoms with van der Waals surface area (Å²) in [7, 11) is -3.29. The molecule has 1 amide bonds. The number of carbonyl (C=O) groups is 1. The van der Waals surface area contributed by atoms with Gasteiger partial charge in [0, 0.05) is 12.2 Å². The van der Waals surface area contributed by atoms with Gasteiger partial charge < -0.3 is 10.1 Å². The van der Waals surface area contributed by atoms with Crippen molar-refractivity contribution in [3.05, 3.63) is 54.1 Å². The van der Waals surface area contributed by atoms with Crippen molar-refractivity contribution in [2.24, 2.45) is 0 Å². The number of fused-ring (bicyclic) bond motifs is 1. The van der Waals surface area contributed by atoms with E-state index in [-0.39, 0.29) is 12.5 Å². The molecule has 0 radical (unpaired) electrons. The van der Waals surface area contributed by atoms with Gasteiger partial charge in [-0.3, -0.25) is 9.10 Å². The number of ether oxygens (including phenoxy) is 1. The number of nitrogens with one attached hydrogen (secondary N) is 1. The molecule has 25 heavy (non-hydrogen) atoms. The van der Waals surface area contributed by atoms with Crippen LogP contribution in [0.1, 0.15) is 12.0 Å². The number of aryl methyl sites for hydroxylation is 1. The molecule has 0 unspecified atom stereocenters. The first-order valence-electron chi connectivity index (χ1n) is 8.02. The Balaban J connectivity index is 1.67. The fraction of sp³-hybridized carbons (Fsp3) is 0.278. The summed E-state index contributed by atoms with van der Waals surface area (Å²) in [5, 5.41) is 2.78.